The highest BCUT2D eigenvalue weighted by molar-refractivity contribution is 7.80. The van der Waals surface area contributed by atoms with Gasteiger partial charge >= 0.3 is 5.97 Å². The standard InChI is InChI=1S/C17H16N4O3S/c1-21(2)12-8-5-9-13-14(12)15(20-24-13)19-17(25)18-11-7-4-3-6-10(11)16(22)23/h3-9H,1-2H3,(H,22,23)(H2,18,19,20,25). The Hall–Kier alpha value is -3.13. The van der Waals surface area contributed by atoms with Gasteiger partial charge in [-0.15, -0.1) is 0 Å². The van der Waals surface area contributed by atoms with Crippen molar-refractivity contribution < 1.29 is 14.4 Å². The van der Waals surface area contributed by atoms with Crippen LogP contribution in [-0.4, -0.2) is 35.4 Å². The minimum atomic E-state index is -1.03. The maximum Gasteiger partial charge on any atom is 0.337 e. The summed E-state index contributed by atoms with van der Waals surface area (Å²) in [5, 5.41) is 20.1. The first-order chi connectivity index (χ1) is 12.0. The van der Waals surface area contributed by atoms with E-state index in [1.807, 2.05) is 37.2 Å². The number of benzene rings is 2. The van der Waals surface area contributed by atoms with Crippen LogP contribution in [0, 0.1) is 0 Å². The predicted octanol–water partition coefficient (Wildman–Crippen LogP) is 3.40. The van der Waals surface area contributed by atoms with Crippen molar-refractivity contribution in [1.29, 1.82) is 0 Å². The molecule has 3 N–H and O–H groups in total. The van der Waals surface area contributed by atoms with Gasteiger partial charge in [0.25, 0.3) is 0 Å². The molecular formula is C17H16N4O3S. The second-order valence-electron chi connectivity index (χ2n) is 5.51. The molecule has 3 aromatic rings. The molecule has 7 nitrogen and oxygen atoms in total. The number of thiocarbonyl (C=S) groups is 1. The first-order valence-electron chi connectivity index (χ1n) is 7.43. The summed E-state index contributed by atoms with van der Waals surface area (Å²) in [5.74, 6) is -0.572. The molecule has 25 heavy (non-hydrogen) atoms. The highest BCUT2D eigenvalue weighted by Gasteiger charge is 2.16. The second kappa shape index (κ2) is 6.78. The molecule has 0 atom stereocenters. The van der Waals surface area contributed by atoms with E-state index in [0.717, 1.165) is 11.1 Å². The van der Waals surface area contributed by atoms with Crippen molar-refractivity contribution in [2.24, 2.45) is 0 Å². The Bertz CT molecular complexity index is 952. The predicted molar refractivity (Wildman–Crippen MR) is 102 cm³/mol. The van der Waals surface area contributed by atoms with Gasteiger partial charge in [-0.25, -0.2) is 4.79 Å². The number of fused-ring (bicyclic) bond motifs is 1. The molecule has 0 aliphatic heterocycles. The summed E-state index contributed by atoms with van der Waals surface area (Å²) in [6.07, 6.45) is 0. The smallest absolute Gasteiger partial charge is 0.337 e. The van der Waals surface area contributed by atoms with Crippen molar-refractivity contribution in [3.8, 4) is 0 Å². The lowest BCUT2D eigenvalue weighted by atomic mass is 10.2. The van der Waals surface area contributed by atoms with E-state index in [1.165, 1.54) is 6.07 Å². The molecule has 0 aliphatic rings. The van der Waals surface area contributed by atoms with Crippen LogP contribution in [0.15, 0.2) is 47.0 Å². The van der Waals surface area contributed by atoms with Crippen molar-refractivity contribution in [3.05, 3.63) is 48.0 Å². The zero-order valence-electron chi connectivity index (χ0n) is 13.6. The molecule has 0 radical (unpaired) electrons. The molecule has 1 aromatic heterocycles. The minimum Gasteiger partial charge on any atom is -0.478 e. The SMILES string of the molecule is CN(C)c1cccc2onc(NC(=S)Nc3ccccc3C(=O)O)c12. The second-order valence-corrected chi connectivity index (χ2v) is 5.91. The Kier molecular flexibility index (Phi) is 4.53. The number of hydrogen-bond donors (Lipinski definition) is 3. The van der Waals surface area contributed by atoms with E-state index in [0.29, 0.717) is 17.1 Å². The Morgan fingerprint density at radius 1 is 1.16 bits per heavy atom. The van der Waals surface area contributed by atoms with E-state index >= 15 is 0 Å². The number of para-hydroxylation sites is 1. The fourth-order valence-electron chi connectivity index (χ4n) is 2.47. The summed E-state index contributed by atoms with van der Waals surface area (Å²) in [4.78, 5) is 13.2. The van der Waals surface area contributed by atoms with Crippen molar-refractivity contribution in [2.75, 3.05) is 29.6 Å². The first kappa shape index (κ1) is 16.7. The van der Waals surface area contributed by atoms with Crippen molar-refractivity contribution in [2.45, 2.75) is 0 Å². The molecule has 2 aromatic carbocycles. The quantitative estimate of drug-likeness (QED) is 0.613. The lowest BCUT2D eigenvalue weighted by Gasteiger charge is -2.15. The van der Waals surface area contributed by atoms with Crippen LogP contribution in [0.1, 0.15) is 10.4 Å². The average molecular weight is 356 g/mol. The first-order valence-corrected chi connectivity index (χ1v) is 7.84. The van der Waals surface area contributed by atoms with Crippen LogP contribution < -0.4 is 15.5 Å². The highest BCUT2D eigenvalue weighted by Crippen LogP contribution is 2.32. The summed E-state index contributed by atoms with van der Waals surface area (Å²) in [5.41, 5.74) is 2.08. The summed E-state index contributed by atoms with van der Waals surface area (Å²) in [6.45, 7) is 0. The van der Waals surface area contributed by atoms with Gasteiger partial charge in [-0.3, -0.25) is 0 Å². The molecule has 0 saturated heterocycles. The summed E-state index contributed by atoms with van der Waals surface area (Å²) in [6, 6.07) is 12.2. The molecule has 0 saturated carbocycles. The number of rotatable bonds is 4. The summed E-state index contributed by atoms with van der Waals surface area (Å²) < 4.78 is 5.33. The van der Waals surface area contributed by atoms with Crippen LogP contribution in [0.5, 0.6) is 0 Å². The number of carboxylic acid groups (broad SMARTS) is 1. The van der Waals surface area contributed by atoms with Gasteiger partial charge in [0.2, 0.25) is 0 Å². The van der Waals surface area contributed by atoms with Gasteiger partial charge in [-0.05, 0) is 36.5 Å². The van der Waals surface area contributed by atoms with Gasteiger partial charge in [0, 0.05) is 14.1 Å². The van der Waals surface area contributed by atoms with Crippen molar-refractivity contribution in [1.82, 2.24) is 5.16 Å². The third kappa shape index (κ3) is 3.38. The normalized spacial score (nSPS) is 10.5. The molecule has 0 spiro atoms. The number of nitrogens with one attached hydrogen (secondary N) is 2. The van der Waals surface area contributed by atoms with Gasteiger partial charge in [0.15, 0.2) is 16.5 Å². The van der Waals surface area contributed by atoms with E-state index in [9.17, 15) is 9.90 Å². The number of carbonyl (C=O) groups is 1. The highest BCUT2D eigenvalue weighted by atomic mass is 32.1. The fraction of sp³-hybridized carbons (Fsp3) is 0.118. The topological polar surface area (TPSA) is 90.6 Å². The van der Waals surface area contributed by atoms with Crippen molar-refractivity contribution in [3.63, 3.8) is 0 Å². The molecule has 8 heteroatoms. The van der Waals surface area contributed by atoms with Crippen LogP contribution >= 0.6 is 12.2 Å². The summed E-state index contributed by atoms with van der Waals surface area (Å²) in [7, 11) is 3.84. The van der Waals surface area contributed by atoms with Crippen LogP contribution in [-0.2, 0) is 0 Å². The van der Waals surface area contributed by atoms with Crippen LogP contribution in [0.25, 0.3) is 11.0 Å². The number of aromatic carboxylic acids is 1. The van der Waals surface area contributed by atoms with E-state index in [4.69, 9.17) is 16.7 Å². The zero-order chi connectivity index (χ0) is 18.0. The Morgan fingerprint density at radius 3 is 2.64 bits per heavy atom. The average Bonchev–Trinajstić information content (AvgIpc) is 2.98. The van der Waals surface area contributed by atoms with Crippen LogP contribution in [0.4, 0.5) is 17.2 Å². The Labute approximate surface area is 149 Å². The number of nitrogens with zero attached hydrogens (tertiary/aromatic N) is 2. The monoisotopic (exact) mass is 356 g/mol. The number of anilines is 3. The molecule has 0 fully saturated rings. The third-order valence-electron chi connectivity index (χ3n) is 3.60. The zero-order valence-corrected chi connectivity index (χ0v) is 14.4. The maximum absolute atomic E-state index is 11.3. The van der Waals surface area contributed by atoms with E-state index in [-0.39, 0.29) is 10.7 Å². The van der Waals surface area contributed by atoms with Crippen molar-refractivity contribution >= 4 is 51.5 Å². The lowest BCUT2D eigenvalue weighted by Crippen LogP contribution is -2.21. The number of aromatic nitrogens is 1. The molecule has 0 bridgehead atoms. The molecule has 128 valence electrons. The van der Waals surface area contributed by atoms with Crippen LogP contribution in [0.3, 0.4) is 0 Å². The van der Waals surface area contributed by atoms with E-state index < -0.39 is 5.97 Å². The van der Waals surface area contributed by atoms with Crippen LogP contribution in [0.2, 0.25) is 0 Å². The Morgan fingerprint density at radius 2 is 1.92 bits per heavy atom. The molecule has 3 rings (SSSR count). The molecular weight excluding hydrogens is 340 g/mol. The molecule has 0 aliphatic carbocycles. The van der Waals surface area contributed by atoms with Gasteiger partial charge in [-0.2, -0.15) is 0 Å². The maximum atomic E-state index is 11.3. The third-order valence-corrected chi connectivity index (χ3v) is 3.80. The summed E-state index contributed by atoms with van der Waals surface area (Å²) >= 11 is 5.29. The van der Waals surface area contributed by atoms with Gasteiger partial charge in [-0.1, -0.05) is 23.4 Å². The fourth-order valence-corrected chi connectivity index (χ4v) is 2.68. The molecule has 0 amide bonds. The molecule has 0 unspecified atom stereocenters. The van der Waals surface area contributed by atoms with Gasteiger partial charge in [0.1, 0.15) is 0 Å². The largest absolute Gasteiger partial charge is 0.478 e. The number of carboxylic acids is 1. The lowest BCUT2D eigenvalue weighted by molar-refractivity contribution is 0.0698. The molecule has 1 heterocycles. The van der Waals surface area contributed by atoms with Gasteiger partial charge < -0.3 is 25.2 Å². The number of hydrogen-bond acceptors (Lipinski definition) is 5. The van der Waals surface area contributed by atoms with Gasteiger partial charge in [0.05, 0.1) is 22.3 Å². The Balaban J connectivity index is 1.87. The minimum absolute atomic E-state index is 0.130. The van der Waals surface area contributed by atoms with E-state index in [2.05, 4.69) is 15.8 Å². The van der Waals surface area contributed by atoms with E-state index in [1.54, 1.807) is 18.2 Å².